The van der Waals surface area contributed by atoms with Crippen LogP contribution < -0.4 is 10.6 Å². The highest BCUT2D eigenvalue weighted by atomic mass is 35.5. The summed E-state index contributed by atoms with van der Waals surface area (Å²) in [5.41, 5.74) is 2.18. The molecule has 1 aliphatic heterocycles. The lowest BCUT2D eigenvalue weighted by atomic mass is 10.1. The van der Waals surface area contributed by atoms with Crippen molar-refractivity contribution >= 4 is 30.7 Å². The number of aromatic nitrogens is 3. The standard InChI is InChI=1S/C15H19N5O2.2ClH/c21-15(14-9-22-6-5-17-14)18-7-12-3-1-2-4-13(12)8-20-11-16-10-19-20;;/h1-4,10-11,14,17H,5-9H2,(H,18,21);2*1H. The first-order valence-corrected chi connectivity index (χ1v) is 7.31. The molecule has 2 N–H and O–H groups in total. The van der Waals surface area contributed by atoms with Gasteiger partial charge in [0.2, 0.25) is 5.91 Å². The van der Waals surface area contributed by atoms with Crippen molar-refractivity contribution in [3.8, 4) is 0 Å². The molecule has 1 aromatic heterocycles. The van der Waals surface area contributed by atoms with Gasteiger partial charge in [-0.15, -0.1) is 24.8 Å². The van der Waals surface area contributed by atoms with Gasteiger partial charge in [-0.3, -0.25) is 4.79 Å². The van der Waals surface area contributed by atoms with E-state index in [4.69, 9.17) is 4.74 Å². The van der Waals surface area contributed by atoms with E-state index in [-0.39, 0.29) is 36.8 Å². The van der Waals surface area contributed by atoms with Gasteiger partial charge in [0, 0.05) is 13.1 Å². The summed E-state index contributed by atoms with van der Waals surface area (Å²) >= 11 is 0. The van der Waals surface area contributed by atoms with Crippen LogP contribution >= 0.6 is 24.8 Å². The third-order valence-corrected chi connectivity index (χ3v) is 3.61. The average Bonchev–Trinajstić information content (AvgIpc) is 3.07. The number of carbonyl (C=O) groups excluding carboxylic acids is 1. The SMILES string of the molecule is Cl.Cl.O=C(NCc1ccccc1Cn1cncn1)C1COCCN1. The van der Waals surface area contributed by atoms with Crippen LogP contribution in [-0.4, -0.2) is 46.5 Å². The minimum atomic E-state index is -0.267. The molecule has 0 saturated carbocycles. The molecule has 1 unspecified atom stereocenters. The third kappa shape index (κ3) is 5.45. The number of benzene rings is 1. The van der Waals surface area contributed by atoms with Crippen molar-refractivity contribution in [3.63, 3.8) is 0 Å². The second-order valence-corrected chi connectivity index (χ2v) is 5.16. The Morgan fingerprint density at radius 3 is 2.79 bits per heavy atom. The number of nitrogens with one attached hydrogen (secondary N) is 2. The maximum atomic E-state index is 12.1. The van der Waals surface area contributed by atoms with Crippen molar-refractivity contribution in [2.75, 3.05) is 19.8 Å². The lowest BCUT2D eigenvalue weighted by Gasteiger charge is -2.23. The molecule has 0 spiro atoms. The van der Waals surface area contributed by atoms with E-state index in [1.54, 1.807) is 11.0 Å². The molecule has 2 heterocycles. The van der Waals surface area contributed by atoms with Crippen LogP contribution in [0, 0.1) is 0 Å². The number of rotatable bonds is 5. The number of ether oxygens (including phenoxy) is 1. The van der Waals surface area contributed by atoms with Gasteiger partial charge in [0.15, 0.2) is 0 Å². The average molecular weight is 374 g/mol. The molecule has 1 saturated heterocycles. The number of hydrogen-bond acceptors (Lipinski definition) is 5. The Kier molecular flexibility index (Phi) is 8.70. The van der Waals surface area contributed by atoms with Gasteiger partial charge in [0.25, 0.3) is 0 Å². The summed E-state index contributed by atoms with van der Waals surface area (Å²) in [6, 6.07) is 7.72. The quantitative estimate of drug-likeness (QED) is 0.808. The fourth-order valence-electron chi connectivity index (χ4n) is 2.41. The maximum Gasteiger partial charge on any atom is 0.239 e. The number of halogens is 2. The number of morpholine rings is 1. The minimum absolute atomic E-state index is 0. The molecule has 1 amide bonds. The van der Waals surface area contributed by atoms with Gasteiger partial charge in [-0.25, -0.2) is 9.67 Å². The molecular formula is C15H21Cl2N5O2. The Morgan fingerprint density at radius 1 is 1.33 bits per heavy atom. The summed E-state index contributed by atoms with van der Waals surface area (Å²) in [4.78, 5) is 16.1. The van der Waals surface area contributed by atoms with Crippen molar-refractivity contribution in [3.05, 3.63) is 48.0 Å². The largest absolute Gasteiger partial charge is 0.378 e. The molecule has 24 heavy (non-hydrogen) atoms. The minimum Gasteiger partial charge on any atom is -0.378 e. The molecule has 2 aromatic rings. The predicted molar refractivity (Wildman–Crippen MR) is 94.5 cm³/mol. The van der Waals surface area contributed by atoms with Gasteiger partial charge in [-0.2, -0.15) is 5.10 Å². The van der Waals surface area contributed by atoms with Gasteiger partial charge in [0.1, 0.15) is 18.7 Å². The van der Waals surface area contributed by atoms with Crippen LogP contribution in [0.1, 0.15) is 11.1 Å². The molecule has 9 heteroatoms. The topological polar surface area (TPSA) is 81.1 Å². The Bertz CT molecular complexity index is 618. The van der Waals surface area contributed by atoms with E-state index in [0.717, 1.165) is 11.1 Å². The number of amides is 1. The first-order chi connectivity index (χ1) is 10.8. The lowest BCUT2D eigenvalue weighted by Crippen LogP contribution is -2.51. The third-order valence-electron chi connectivity index (χ3n) is 3.61. The van der Waals surface area contributed by atoms with Crippen LogP contribution in [0.4, 0.5) is 0 Å². The molecule has 1 fully saturated rings. The van der Waals surface area contributed by atoms with Gasteiger partial charge in [-0.1, -0.05) is 24.3 Å². The zero-order valence-electron chi connectivity index (χ0n) is 13.1. The van der Waals surface area contributed by atoms with E-state index < -0.39 is 0 Å². The number of hydrogen-bond donors (Lipinski definition) is 2. The summed E-state index contributed by atoms with van der Waals surface area (Å²) in [7, 11) is 0. The van der Waals surface area contributed by atoms with E-state index in [2.05, 4.69) is 20.7 Å². The van der Waals surface area contributed by atoms with Crippen molar-refractivity contribution < 1.29 is 9.53 Å². The second kappa shape index (κ2) is 10.2. The van der Waals surface area contributed by atoms with E-state index in [9.17, 15) is 4.79 Å². The summed E-state index contributed by atoms with van der Waals surface area (Å²) in [6.45, 7) is 2.91. The molecule has 1 aliphatic rings. The molecule has 7 nitrogen and oxygen atoms in total. The molecule has 0 aliphatic carbocycles. The van der Waals surface area contributed by atoms with Crippen LogP contribution in [0.15, 0.2) is 36.9 Å². The van der Waals surface area contributed by atoms with Crippen LogP contribution in [-0.2, 0) is 22.6 Å². The molecule has 132 valence electrons. The second-order valence-electron chi connectivity index (χ2n) is 5.16. The van der Waals surface area contributed by atoms with Gasteiger partial charge < -0.3 is 15.4 Å². The van der Waals surface area contributed by atoms with Gasteiger partial charge in [0.05, 0.1) is 19.8 Å². The van der Waals surface area contributed by atoms with Crippen LogP contribution in [0.5, 0.6) is 0 Å². The van der Waals surface area contributed by atoms with E-state index in [0.29, 0.717) is 32.8 Å². The summed E-state index contributed by atoms with van der Waals surface area (Å²) < 4.78 is 7.07. The predicted octanol–water partition coefficient (Wildman–Crippen LogP) is 0.775. The van der Waals surface area contributed by atoms with Crippen molar-refractivity contribution in [2.45, 2.75) is 19.1 Å². The van der Waals surface area contributed by atoms with Crippen LogP contribution in [0.2, 0.25) is 0 Å². The van der Waals surface area contributed by atoms with Crippen LogP contribution in [0.25, 0.3) is 0 Å². The van der Waals surface area contributed by atoms with Crippen LogP contribution in [0.3, 0.4) is 0 Å². The fraction of sp³-hybridized carbons (Fsp3) is 0.400. The highest BCUT2D eigenvalue weighted by Gasteiger charge is 2.20. The van der Waals surface area contributed by atoms with Gasteiger partial charge >= 0.3 is 0 Å². The smallest absolute Gasteiger partial charge is 0.239 e. The summed E-state index contributed by atoms with van der Waals surface area (Å²) in [6.07, 6.45) is 3.19. The van der Waals surface area contributed by atoms with E-state index >= 15 is 0 Å². The van der Waals surface area contributed by atoms with Gasteiger partial charge in [-0.05, 0) is 11.1 Å². The Morgan fingerprint density at radius 2 is 2.12 bits per heavy atom. The fourth-order valence-corrected chi connectivity index (χ4v) is 2.41. The van der Waals surface area contributed by atoms with E-state index in [1.807, 2.05) is 24.3 Å². The Labute approximate surface area is 153 Å². The van der Waals surface area contributed by atoms with E-state index in [1.165, 1.54) is 6.33 Å². The maximum absolute atomic E-state index is 12.1. The monoisotopic (exact) mass is 373 g/mol. The van der Waals surface area contributed by atoms with Crippen molar-refractivity contribution in [1.82, 2.24) is 25.4 Å². The lowest BCUT2D eigenvalue weighted by molar-refractivity contribution is -0.126. The molecule has 1 atom stereocenters. The molecular weight excluding hydrogens is 353 g/mol. The Balaban J connectivity index is 0.00000144. The first-order valence-electron chi connectivity index (χ1n) is 7.31. The highest BCUT2D eigenvalue weighted by Crippen LogP contribution is 2.10. The molecule has 0 bridgehead atoms. The molecule has 3 rings (SSSR count). The highest BCUT2D eigenvalue weighted by molar-refractivity contribution is 5.85. The molecule has 0 radical (unpaired) electrons. The Hall–Kier alpha value is -1.67. The molecule has 1 aromatic carbocycles. The zero-order chi connectivity index (χ0) is 15.2. The first kappa shape index (κ1) is 20.4. The van der Waals surface area contributed by atoms with Crippen molar-refractivity contribution in [1.29, 1.82) is 0 Å². The summed E-state index contributed by atoms with van der Waals surface area (Å²) in [5, 5.41) is 10.2. The number of carbonyl (C=O) groups is 1. The van der Waals surface area contributed by atoms with Crippen molar-refractivity contribution in [2.24, 2.45) is 0 Å². The summed E-state index contributed by atoms with van der Waals surface area (Å²) in [5.74, 6) is -0.0322. The normalized spacial score (nSPS) is 16.6. The number of nitrogens with zero attached hydrogens (tertiary/aromatic N) is 3. The zero-order valence-corrected chi connectivity index (χ0v) is 14.7.